The van der Waals surface area contributed by atoms with Crippen LogP contribution < -0.4 is 14.8 Å². The Morgan fingerprint density at radius 2 is 1.95 bits per heavy atom. The molecule has 2 rings (SSSR count). The van der Waals surface area contributed by atoms with Crippen LogP contribution in [0.5, 0.6) is 11.5 Å². The fourth-order valence-corrected chi connectivity index (χ4v) is 2.27. The van der Waals surface area contributed by atoms with Gasteiger partial charge in [0.05, 0.1) is 20.2 Å². The van der Waals surface area contributed by atoms with Crippen molar-refractivity contribution in [2.75, 3.05) is 26.7 Å². The molecule has 0 radical (unpaired) electrons. The van der Waals surface area contributed by atoms with E-state index in [9.17, 15) is 9.59 Å². The van der Waals surface area contributed by atoms with Crippen LogP contribution >= 0.6 is 0 Å². The monoisotopic (exact) mass is 306 g/mol. The maximum atomic E-state index is 11.9. The van der Waals surface area contributed by atoms with E-state index in [1.54, 1.807) is 12.0 Å². The fourth-order valence-electron chi connectivity index (χ4n) is 2.27. The average molecular weight is 306 g/mol. The van der Waals surface area contributed by atoms with Gasteiger partial charge in [-0.05, 0) is 18.6 Å². The number of hydrogen-bond acceptors (Lipinski definition) is 4. The second-order valence-electron chi connectivity index (χ2n) is 5.28. The normalized spacial score (nSPS) is 14.2. The van der Waals surface area contributed by atoms with Gasteiger partial charge in [0.25, 0.3) is 0 Å². The van der Waals surface area contributed by atoms with Crippen LogP contribution in [0.15, 0.2) is 24.3 Å². The molecule has 22 heavy (non-hydrogen) atoms. The van der Waals surface area contributed by atoms with Crippen molar-refractivity contribution in [1.82, 2.24) is 10.2 Å². The Morgan fingerprint density at radius 3 is 2.59 bits per heavy atom. The minimum absolute atomic E-state index is 0.00981. The van der Waals surface area contributed by atoms with Crippen molar-refractivity contribution < 1.29 is 19.1 Å². The molecule has 1 aliphatic rings. The van der Waals surface area contributed by atoms with E-state index in [1.807, 2.05) is 24.3 Å². The van der Waals surface area contributed by atoms with Crippen molar-refractivity contribution in [2.45, 2.75) is 25.9 Å². The summed E-state index contributed by atoms with van der Waals surface area (Å²) < 4.78 is 11.1. The molecule has 1 fully saturated rings. The van der Waals surface area contributed by atoms with Gasteiger partial charge in [0.15, 0.2) is 11.5 Å². The van der Waals surface area contributed by atoms with E-state index in [0.717, 1.165) is 0 Å². The molecule has 6 heteroatoms. The molecule has 1 aromatic rings. The van der Waals surface area contributed by atoms with Crippen molar-refractivity contribution in [1.29, 1.82) is 0 Å². The Morgan fingerprint density at radius 1 is 1.27 bits per heavy atom. The molecule has 1 N–H and O–H groups in total. The van der Waals surface area contributed by atoms with Crippen LogP contribution in [-0.4, -0.2) is 49.6 Å². The highest BCUT2D eigenvalue weighted by molar-refractivity contribution is 5.77. The Kier molecular flexibility index (Phi) is 5.63. The smallest absolute Gasteiger partial charge is 0.222 e. The standard InChI is InChI=1S/C16H22N2O4/c1-12(19)17-9-5-8-16(20)18-10-13(11-18)22-15-7-4-3-6-14(15)21-2/h3-4,6-7,13H,5,8-11H2,1-2H3,(H,17,19). The van der Waals surface area contributed by atoms with E-state index in [4.69, 9.17) is 9.47 Å². The molecule has 0 saturated carbocycles. The van der Waals surface area contributed by atoms with Gasteiger partial charge in [0.1, 0.15) is 6.10 Å². The third-order valence-corrected chi connectivity index (χ3v) is 3.50. The van der Waals surface area contributed by atoms with E-state index >= 15 is 0 Å². The number of ether oxygens (including phenoxy) is 2. The van der Waals surface area contributed by atoms with Gasteiger partial charge in [-0.15, -0.1) is 0 Å². The predicted octanol–water partition coefficient (Wildman–Crippen LogP) is 1.20. The highest BCUT2D eigenvalue weighted by atomic mass is 16.5. The molecule has 6 nitrogen and oxygen atoms in total. The molecule has 1 aliphatic heterocycles. The van der Waals surface area contributed by atoms with E-state index in [1.165, 1.54) is 6.92 Å². The fraction of sp³-hybridized carbons (Fsp3) is 0.500. The quantitative estimate of drug-likeness (QED) is 0.769. The second-order valence-corrected chi connectivity index (χ2v) is 5.28. The summed E-state index contributed by atoms with van der Waals surface area (Å²) in [5.41, 5.74) is 0. The van der Waals surface area contributed by atoms with Gasteiger partial charge in [0, 0.05) is 19.9 Å². The SMILES string of the molecule is COc1ccccc1OC1CN(C(=O)CCCNC(C)=O)C1. The highest BCUT2D eigenvalue weighted by Crippen LogP contribution is 2.28. The minimum Gasteiger partial charge on any atom is -0.493 e. The van der Waals surface area contributed by atoms with Crippen LogP contribution in [0, 0.1) is 0 Å². The highest BCUT2D eigenvalue weighted by Gasteiger charge is 2.32. The summed E-state index contributed by atoms with van der Waals surface area (Å²) in [5.74, 6) is 1.43. The molecule has 0 bridgehead atoms. The van der Waals surface area contributed by atoms with Crippen molar-refractivity contribution in [3.05, 3.63) is 24.3 Å². The van der Waals surface area contributed by atoms with E-state index in [0.29, 0.717) is 44.0 Å². The number of benzene rings is 1. The van der Waals surface area contributed by atoms with Gasteiger partial charge in [0.2, 0.25) is 11.8 Å². The molecule has 2 amide bonds. The van der Waals surface area contributed by atoms with Gasteiger partial charge < -0.3 is 19.7 Å². The van der Waals surface area contributed by atoms with Crippen LogP contribution in [0.25, 0.3) is 0 Å². The lowest BCUT2D eigenvalue weighted by Crippen LogP contribution is -2.56. The molecule has 0 unspecified atom stereocenters. The zero-order valence-corrected chi connectivity index (χ0v) is 13.0. The first-order valence-corrected chi connectivity index (χ1v) is 7.42. The number of para-hydroxylation sites is 2. The van der Waals surface area contributed by atoms with Crippen LogP contribution in [0.2, 0.25) is 0 Å². The first-order valence-electron chi connectivity index (χ1n) is 7.42. The van der Waals surface area contributed by atoms with Gasteiger partial charge >= 0.3 is 0 Å². The molecule has 0 aromatic heterocycles. The van der Waals surface area contributed by atoms with Gasteiger partial charge in [-0.3, -0.25) is 9.59 Å². The summed E-state index contributed by atoms with van der Waals surface area (Å²) in [5, 5.41) is 2.68. The molecular formula is C16H22N2O4. The number of hydrogen-bond donors (Lipinski definition) is 1. The predicted molar refractivity (Wildman–Crippen MR) is 81.9 cm³/mol. The molecule has 1 heterocycles. The Balaban J connectivity index is 1.69. The molecule has 0 aliphatic carbocycles. The van der Waals surface area contributed by atoms with Crippen LogP contribution in [0.3, 0.4) is 0 Å². The molecule has 0 spiro atoms. The van der Waals surface area contributed by atoms with Crippen molar-refractivity contribution in [2.24, 2.45) is 0 Å². The average Bonchev–Trinajstić information content (AvgIpc) is 2.46. The summed E-state index contributed by atoms with van der Waals surface area (Å²) >= 11 is 0. The molecule has 0 atom stereocenters. The summed E-state index contributed by atoms with van der Waals surface area (Å²) in [6.45, 7) is 3.20. The first kappa shape index (κ1) is 16.1. The topological polar surface area (TPSA) is 67.9 Å². The number of likely N-dealkylation sites (tertiary alicyclic amines) is 1. The third-order valence-electron chi connectivity index (χ3n) is 3.50. The molecule has 1 saturated heterocycles. The van der Waals surface area contributed by atoms with Crippen LogP contribution in [-0.2, 0) is 9.59 Å². The first-order chi connectivity index (χ1) is 10.6. The zero-order chi connectivity index (χ0) is 15.9. The Labute approximate surface area is 130 Å². The maximum absolute atomic E-state index is 11.9. The van der Waals surface area contributed by atoms with Crippen LogP contribution in [0.4, 0.5) is 0 Å². The lowest BCUT2D eigenvalue weighted by Gasteiger charge is -2.39. The summed E-state index contributed by atoms with van der Waals surface area (Å²) in [6, 6.07) is 7.48. The number of carbonyl (C=O) groups is 2. The molecule has 120 valence electrons. The largest absolute Gasteiger partial charge is 0.493 e. The van der Waals surface area contributed by atoms with E-state index in [2.05, 4.69) is 5.32 Å². The van der Waals surface area contributed by atoms with Gasteiger partial charge in [-0.25, -0.2) is 0 Å². The van der Waals surface area contributed by atoms with Crippen molar-refractivity contribution >= 4 is 11.8 Å². The lowest BCUT2D eigenvalue weighted by atomic mass is 10.1. The zero-order valence-electron chi connectivity index (χ0n) is 13.0. The lowest BCUT2D eigenvalue weighted by molar-refractivity contribution is -0.140. The van der Waals surface area contributed by atoms with Crippen LogP contribution in [0.1, 0.15) is 19.8 Å². The van der Waals surface area contributed by atoms with Gasteiger partial charge in [-0.2, -0.15) is 0 Å². The number of nitrogens with one attached hydrogen (secondary N) is 1. The number of methoxy groups -OCH3 is 1. The number of carbonyl (C=O) groups excluding carboxylic acids is 2. The summed E-state index contributed by atoms with van der Waals surface area (Å²) in [6.07, 6.45) is 1.12. The third kappa shape index (κ3) is 4.38. The summed E-state index contributed by atoms with van der Waals surface area (Å²) in [4.78, 5) is 24.4. The molecule has 1 aromatic carbocycles. The Bertz CT molecular complexity index is 527. The number of nitrogens with zero attached hydrogens (tertiary/aromatic N) is 1. The number of amides is 2. The minimum atomic E-state index is -0.0679. The van der Waals surface area contributed by atoms with Crippen molar-refractivity contribution in [3.63, 3.8) is 0 Å². The maximum Gasteiger partial charge on any atom is 0.222 e. The Hall–Kier alpha value is -2.24. The van der Waals surface area contributed by atoms with E-state index < -0.39 is 0 Å². The molecular weight excluding hydrogens is 284 g/mol. The number of rotatable bonds is 7. The van der Waals surface area contributed by atoms with Gasteiger partial charge in [-0.1, -0.05) is 12.1 Å². The second kappa shape index (κ2) is 7.68. The van der Waals surface area contributed by atoms with Crippen molar-refractivity contribution in [3.8, 4) is 11.5 Å². The van der Waals surface area contributed by atoms with E-state index in [-0.39, 0.29) is 17.9 Å². The summed E-state index contributed by atoms with van der Waals surface area (Å²) in [7, 11) is 1.61.